The summed E-state index contributed by atoms with van der Waals surface area (Å²) in [5.41, 5.74) is 2.01. The van der Waals surface area contributed by atoms with Gasteiger partial charge in [0, 0.05) is 13.1 Å². The van der Waals surface area contributed by atoms with Gasteiger partial charge in [0.25, 0.3) is 0 Å². The van der Waals surface area contributed by atoms with E-state index in [4.69, 9.17) is 0 Å². The summed E-state index contributed by atoms with van der Waals surface area (Å²) < 4.78 is 25.0. The van der Waals surface area contributed by atoms with Crippen LogP contribution in [0.4, 0.5) is 0 Å². The minimum absolute atomic E-state index is 0.0512. The van der Waals surface area contributed by atoms with E-state index >= 15 is 0 Å². The van der Waals surface area contributed by atoms with Crippen molar-refractivity contribution in [3.05, 3.63) is 30.1 Å². The van der Waals surface area contributed by atoms with Crippen molar-refractivity contribution in [3.63, 3.8) is 0 Å². The summed E-state index contributed by atoms with van der Waals surface area (Å²) in [4.78, 5) is 18.9. The van der Waals surface area contributed by atoms with E-state index in [2.05, 4.69) is 10.3 Å². The monoisotopic (exact) mass is 364 g/mol. The summed E-state index contributed by atoms with van der Waals surface area (Å²) in [5.74, 6) is 0.979. The van der Waals surface area contributed by atoms with Gasteiger partial charge in [-0.2, -0.15) is 0 Å². The van der Waals surface area contributed by atoms with Crippen LogP contribution in [-0.4, -0.2) is 59.4 Å². The lowest BCUT2D eigenvalue weighted by Gasteiger charge is -2.20. The van der Waals surface area contributed by atoms with Crippen LogP contribution in [0.15, 0.2) is 24.3 Å². The summed E-state index contributed by atoms with van der Waals surface area (Å²) in [5, 5.41) is 2.84. The zero-order valence-corrected chi connectivity index (χ0v) is 15.4. The van der Waals surface area contributed by atoms with Gasteiger partial charge in [-0.05, 0) is 25.1 Å². The van der Waals surface area contributed by atoms with Crippen LogP contribution >= 0.6 is 0 Å². The number of imidazole rings is 1. The van der Waals surface area contributed by atoms with Crippen molar-refractivity contribution in [3.8, 4) is 0 Å². The van der Waals surface area contributed by atoms with Gasteiger partial charge in [0.2, 0.25) is 5.91 Å². The smallest absolute Gasteiger partial charge is 0.234 e. The van der Waals surface area contributed by atoms with Crippen molar-refractivity contribution in [1.29, 1.82) is 0 Å². The minimum Gasteiger partial charge on any atom is -0.351 e. The van der Waals surface area contributed by atoms with Crippen molar-refractivity contribution in [2.75, 3.05) is 24.6 Å². The van der Waals surface area contributed by atoms with Crippen LogP contribution in [0.1, 0.15) is 19.2 Å². The lowest BCUT2D eigenvalue weighted by atomic mass is 10.2. The first-order valence-electron chi connectivity index (χ1n) is 8.50. The third kappa shape index (κ3) is 4.19. The minimum atomic E-state index is -2.99. The van der Waals surface area contributed by atoms with Crippen LogP contribution in [0.2, 0.25) is 0 Å². The Morgan fingerprint density at radius 2 is 2.16 bits per heavy atom. The molecule has 8 heteroatoms. The normalized spacial score (nSPS) is 19.6. The molecule has 136 valence electrons. The van der Waals surface area contributed by atoms with Crippen LogP contribution in [-0.2, 0) is 28.2 Å². The summed E-state index contributed by atoms with van der Waals surface area (Å²) >= 11 is 0. The van der Waals surface area contributed by atoms with Crippen molar-refractivity contribution >= 4 is 26.8 Å². The zero-order chi connectivity index (χ0) is 18.0. The Morgan fingerprint density at radius 3 is 2.80 bits per heavy atom. The third-order valence-corrected chi connectivity index (χ3v) is 6.42. The predicted molar refractivity (Wildman–Crippen MR) is 96.9 cm³/mol. The van der Waals surface area contributed by atoms with E-state index in [1.165, 1.54) is 0 Å². The number of rotatable bonds is 6. The topological polar surface area (TPSA) is 84.3 Å². The molecule has 1 fully saturated rings. The van der Waals surface area contributed by atoms with E-state index in [1.54, 1.807) is 0 Å². The molecule has 1 aliphatic heterocycles. The second kappa shape index (κ2) is 7.13. The Hall–Kier alpha value is -1.93. The fourth-order valence-electron chi connectivity index (χ4n) is 3.20. The molecule has 1 aromatic heterocycles. The molecular formula is C17H24N4O3S. The molecule has 7 nitrogen and oxygen atoms in total. The molecular weight excluding hydrogens is 340 g/mol. The lowest BCUT2D eigenvalue weighted by molar-refractivity contribution is -0.122. The van der Waals surface area contributed by atoms with Gasteiger partial charge in [0.05, 0.1) is 35.6 Å². The molecule has 1 saturated heterocycles. The summed E-state index contributed by atoms with van der Waals surface area (Å²) in [6.07, 6.45) is 0.505. The molecule has 1 aromatic carbocycles. The number of hydrogen-bond donors (Lipinski definition) is 1. The largest absolute Gasteiger partial charge is 0.351 e. The maximum absolute atomic E-state index is 12.3. The predicted octanol–water partition coefficient (Wildman–Crippen LogP) is 0.699. The Morgan fingerprint density at radius 1 is 1.40 bits per heavy atom. The van der Waals surface area contributed by atoms with E-state index in [1.807, 2.05) is 47.7 Å². The van der Waals surface area contributed by atoms with Gasteiger partial charge in [-0.25, -0.2) is 13.4 Å². The van der Waals surface area contributed by atoms with E-state index in [0.717, 1.165) is 16.9 Å². The molecule has 0 radical (unpaired) electrons. The van der Waals surface area contributed by atoms with Gasteiger partial charge in [0.15, 0.2) is 9.84 Å². The highest BCUT2D eigenvalue weighted by molar-refractivity contribution is 7.91. The number of aryl methyl sites for hydroxylation is 1. The molecule has 2 heterocycles. The fraction of sp³-hybridized carbons (Fsp3) is 0.529. The van der Waals surface area contributed by atoms with E-state index in [0.29, 0.717) is 19.5 Å². The highest BCUT2D eigenvalue weighted by atomic mass is 32.2. The fourth-order valence-corrected chi connectivity index (χ4v) is 4.87. The molecule has 1 aliphatic rings. The number of sulfone groups is 1. The summed E-state index contributed by atoms with van der Waals surface area (Å²) in [7, 11) is -1.01. The number of para-hydroxylation sites is 2. The second-order valence-electron chi connectivity index (χ2n) is 6.55. The van der Waals surface area contributed by atoms with Gasteiger partial charge >= 0.3 is 0 Å². The number of fused-ring (bicyclic) bond motifs is 1. The van der Waals surface area contributed by atoms with E-state index < -0.39 is 9.84 Å². The van der Waals surface area contributed by atoms with Crippen LogP contribution in [0, 0.1) is 0 Å². The average Bonchev–Trinajstić information content (AvgIpc) is 3.06. The maximum atomic E-state index is 12.3. The highest BCUT2D eigenvalue weighted by Crippen LogP contribution is 2.15. The number of benzene rings is 1. The van der Waals surface area contributed by atoms with Gasteiger partial charge < -0.3 is 9.88 Å². The number of nitrogens with zero attached hydrogens (tertiary/aromatic N) is 3. The molecule has 0 spiro atoms. The van der Waals surface area contributed by atoms with E-state index in [-0.39, 0.29) is 30.0 Å². The number of nitrogens with one attached hydrogen (secondary N) is 1. The van der Waals surface area contributed by atoms with Crippen LogP contribution < -0.4 is 5.32 Å². The molecule has 2 aromatic rings. The highest BCUT2D eigenvalue weighted by Gasteiger charge is 2.29. The number of hydrogen-bond acceptors (Lipinski definition) is 5. The number of aromatic nitrogens is 2. The SMILES string of the molecule is CCN(CC(=O)NC1CCS(=O)(=O)C1)Cc1nc2ccccc2n1C. The summed E-state index contributed by atoms with van der Waals surface area (Å²) in [6.45, 7) is 3.50. The quantitative estimate of drug-likeness (QED) is 0.816. The molecule has 1 unspecified atom stereocenters. The third-order valence-electron chi connectivity index (χ3n) is 4.66. The van der Waals surface area contributed by atoms with E-state index in [9.17, 15) is 13.2 Å². The standard InChI is InChI=1S/C17H24N4O3S/c1-3-21(11-17(22)18-13-8-9-25(23,24)12-13)10-16-19-14-6-4-5-7-15(14)20(16)2/h4-7,13H,3,8-12H2,1-2H3,(H,18,22). The van der Waals surface area contributed by atoms with Gasteiger partial charge in [-0.15, -0.1) is 0 Å². The average molecular weight is 364 g/mol. The Bertz CT molecular complexity index is 875. The number of carbonyl (C=O) groups excluding carboxylic acids is 1. The van der Waals surface area contributed by atoms with Crippen molar-refractivity contribution in [2.24, 2.45) is 7.05 Å². The van der Waals surface area contributed by atoms with Crippen LogP contribution in [0.3, 0.4) is 0 Å². The van der Waals surface area contributed by atoms with Gasteiger partial charge in [0.1, 0.15) is 5.82 Å². The zero-order valence-electron chi connectivity index (χ0n) is 14.6. The number of carbonyl (C=O) groups is 1. The first kappa shape index (κ1) is 17.9. The molecule has 0 saturated carbocycles. The lowest BCUT2D eigenvalue weighted by Crippen LogP contribution is -2.42. The molecule has 1 atom stereocenters. The second-order valence-corrected chi connectivity index (χ2v) is 8.78. The van der Waals surface area contributed by atoms with Crippen molar-refractivity contribution < 1.29 is 13.2 Å². The molecule has 3 rings (SSSR count). The summed E-state index contributed by atoms with van der Waals surface area (Å²) in [6, 6.07) is 7.68. The maximum Gasteiger partial charge on any atom is 0.234 e. The van der Waals surface area contributed by atoms with Crippen molar-refractivity contribution in [2.45, 2.75) is 25.9 Å². The Labute approximate surface area is 147 Å². The first-order valence-corrected chi connectivity index (χ1v) is 10.3. The molecule has 0 aliphatic carbocycles. The van der Waals surface area contributed by atoms with Gasteiger partial charge in [-0.3, -0.25) is 9.69 Å². The molecule has 0 bridgehead atoms. The molecule has 25 heavy (non-hydrogen) atoms. The van der Waals surface area contributed by atoms with Gasteiger partial charge in [-0.1, -0.05) is 19.1 Å². The number of amides is 1. The van der Waals surface area contributed by atoms with Crippen molar-refractivity contribution in [1.82, 2.24) is 19.8 Å². The van der Waals surface area contributed by atoms with Crippen LogP contribution in [0.25, 0.3) is 11.0 Å². The molecule has 1 amide bonds. The Kier molecular flexibility index (Phi) is 5.10. The Balaban J connectivity index is 1.62. The number of likely N-dealkylation sites (N-methyl/N-ethyl adjacent to an activating group) is 1. The van der Waals surface area contributed by atoms with Crippen LogP contribution in [0.5, 0.6) is 0 Å². The first-order chi connectivity index (χ1) is 11.9. The molecule has 1 N–H and O–H groups in total.